The number of hydrogen-bond donors (Lipinski definition) is 2. The van der Waals surface area contributed by atoms with Crippen molar-refractivity contribution in [3.05, 3.63) is 0 Å². The van der Waals surface area contributed by atoms with Gasteiger partial charge in [-0.15, -0.1) is 0 Å². The Balaban J connectivity index is 3.94. The number of nitrogens with two attached hydrogens (primary N) is 1. The van der Waals surface area contributed by atoms with Gasteiger partial charge in [0.15, 0.2) is 6.10 Å². The van der Waals surface area contributed by atoms with Gasteiger partial charge in [0.1, 0.15) is 0 Å². The molecule has 0 heterocycles. The number of aliphatic hydroxyl groups excluding tert-OH is 1. The van der Waals surface area contributed by atoms with Crippen molar-refractivity contribution in [1.29, 1.82) is 0 Å². The van der Waals surface area contributed by atoms with E-state index >= 15 is 0 Å². The highest BCUT2D eigenvalue weighted by atomic mass is 19.4. The maximum Gasteiger partial charge on any atom is 0.415 e. The van der Waals surface area contributed by atoms with E-state index in [1.54, 1.807) is 0 Å². The van der Waals surface area contributed by atoms with Gasteiger partial charge in [0, 0.05) is 6.04 Å². The van der Waals surface area contributed by atoms with Crippen LogP contribution in [0.5, 0.6) is 0 Å². The quantitative estimate of drug-likeness (QED) is 0.618. The van der Waals surface area contributed by atoms with Crippen LogP contribution in [-0.2, 0) is 0 Å². The number of hydrogen-bond acceptors (Lipinski definition) is 2. The first-order valence-corrected chi connectivity index (χ1v) is 2.90. The largest absolute Gasteiger partial charge is 0.415 e. The Bertz CT molecular complexity index is 104. The second kappa shape index (κ2) is 3.21. The van der Waals surface area contributed by atoms with Gasteiger partial charge in [0.25, 0.3) is 0 Å². The third kappa shape index (κ3) is 2.53. The van der Waals surface area contributed by atoms with Crippen LogP contribution >= 0.6 is 0 Å². The van der Waals surface area contributed by atoms with Gasteiger partial charge in [-0.1, -0.05) is 6.92 Å². The fourth-order valence-electron chi connectivity index (χ4n) is 0.466. The molecule has 0 aromatic carbocycles. The van der Waals surface area contributed by atoms with E-state index in [0.717, 1.165) is 0 Å². The normalized spacial score (nSPS) is 18.6. The van der Waals surface area contributed by atoms with E-state index in [1.807, 2.05) is 0 Å². The van der Waals surface area contributed by atoms with Crippen molar-refractivity contribution in [3.8, 4) is 0 Å². The van der Waals surface area contributed by atoms with E-state index < -0.39 is 18.3 Å². The fraction of sp³-hybridized carbons (Fsp3) is 1.00. The Hall–Kier alpha value is -0.290. The van der Waals surface area contributed by atoms with Crippen LogP contribution < -0.4 is 5.73 Å². The van der Waals surface area contributed by atoms with Crippen LogP contribution in [0.3, 0.4) is 0 Å². The second-order valence-corrected chi connectivity index (χ2v) is 2.06. The lowest BCUT2D eigenvalue weighted by atomic mass is 10.1. The minimum absolute atomic E-state index is 0.112. The average molecular weight is 157 g/mol. The Morgan fingerprint density at radius 3 is 2.00 bits per heavy atom. The van der Waals surface area contributed by atoms with E-state index in [0.29, 0.717) is 0 Å². The lowest BCUT2D eigenvalue weighted by Gasteiger charge is -2.19. The van der Waals surface area contributed by atoms with Gasteiger partial charge < -0.3 is 10.8 Å². The van der Waals surface area contributed by atoms with Crippen molar-refractivity contribution in [1.82, 2.24) is 0 Å². The maximum absolute atomic E-state index is 11.6. The summed E-state index contributed by atoms with van der Waals surface area (Å²) in [6.07, 6.45) is -6.87. The summed E-state index contributed by atoms with van der Waals surface area (Å²) < 4.78 is 34.7. The molecule has 5 heteroatoms. The highest BCUT2D eigenvalue weighted by Gasteiger charge is 2.41. The van der Waals surface area contributed by atoms with Crippen LogP contribution in [0.25, 0.3) is 0 Å². The van der Waals surface area contributed by atoms with E-state index in [4.69, 9.17) is 10.8 Å². The predicted octanol–water partition coefficient (Wildman–Crippen LogP) is 0.647. The van der Waals surface area contributed by atoms with Crippen molar-refractivity contribution >= 4 is 0 Å². The topological polar surface area (TPSA) is 46.2 Å². The van der Waals surface area contributed by atoms with Gasteiger partial charge in [-0.25, -0.2) is 0 Å². The van der Waals surface area contributed by atoms with Gasteiger partial charge in [0.05, 0.1) is 0 Å². The lowest BCUT2D eigenvalue weighted by Crippen LogP contribution is -2.44. The molecule has 0 aromatic heterocycles. The molecule has 0 saturated heterocycles. The summed E-state index contributed by atoms with van der Waals surface area (Å²) in [5, 5.41) is 8.40. The van der Waals surface area contributed by atoms with Gasteiger partial charge >= 0.3 is 6.18 Å². The zero-order chi connectivity index (χ0) is 8.36. The molecule has 0 rings (SSSR count). The first-order chi connectivity index (χ1) is 4.39. The van der Waals surface area contributed by atoms with Crippen molar-refractivity contribution in [3.63, 3.8) is 0 Å². The van der Waals surface area contributed by atoms with Gasteiger partial charge in [-0.3, -0.25) is 0 Å². The minimum atomic E-state index is -4.59. The Kier molecular flexibility index (Phi) is 3.11. The molecule has 0 saturated carbocycles. The Morgan fingerprint density at radius 1 is 1.50 bits per heavy atom. The summed E-state index contributed by atoms with van der Waals surface area (Å²) in [4.78, 5) is 0. The summed E-state index contributed by atoms with van der Waals surface area (Å²) >= 11 is 0. The zero-order valence-corrected chi connectivity index (χ0v) is 5.52. The molecule has 0 radical (unpaired) electrons. The first kappa shape index (κ1) is 9.71. The first-order valence-electron chi connectivity index (χ1n) is 2.90. The van der Waals surface area contributed by atoms with Crippen LogP contribution in [0, 0.1) is 0 Å². The molecule has 3 N–H and O–H groups in total. The zero-order valence-electron chi connectivity index (χ0n) is 5.52. The smallest absolute Gasteiger partial charge is 0.382 e. The van der Waals surface area contributed by atoms with E-state index in [9.17, 15) is 13.2 Å². The van der Waals surface area contributed by atoms with Crippen LogP contribution in [-0.4, -0.2) is 23.4 Å². The minimum Gasteiger partial charge on any atom is -0.382 e. The molecule has 0 fully saturated rings. The van der Waals surface area contributed by atoms with E-state index in [-0.39, 0.29) is 6.42 Å². The molecule has 0 amide bonds. The molecule has 0 aliphatic carbocycles. The predicted molar refractivity (Wildman–Crippen MR) is 30.3 cm³/mol. The number of alkyl halides is 3. The molecule has 0 aliphatic heterocycles. The molecule has 2 nitrogen and oxygen atoms in total. The molecule has 2 atom stereocenters. The Labute approximate surface area is 56.8 Å². The molecular weight excluding hydrogens is 147 g/mol. The van der Waals surface area contributed by atoms with Gasteiger partial charge in [-0.05, 0) is 6.42 Å². The Morgan fingerprint density at radius 2 is 1.90 bits per heavy atom. The van der Waals surface area contributed by atoms with Crippen molar-refractivity contribution < 1.29 is 18.3 Å². The number of halogens is 3. The summed E-state index contributed by atoms with van der Waals surface area (Å²) in [6, 6.07) is -1.21. The molecule has 0 bridgehead atoms. The lowest BCUT2D eigenvalue weighted by molar-refractivity contribution is -0.209. The molecule has 0 aromatic rings. The monoisotopic (exact) mass is 157 g/mol. The summed E-state index contributed by atoms with van der Waals surface area (Å²) in [6.45, 7) is 1.49. The number of rotatable bonds is 2. The fourth-order valence-corrected chi connectivity index (χ4v) is 0.466. The maximum atomic E-state index is 11.6. The van der Waals surface area contributed by atoms with Crippen LogP contribution in [0.1, 0.15) is 13.3 Å². The molecular formula is C5H10F3NO. The highest BCUT2D eigenvalue weighted by Crippen LogP contribution is 2.22. The number of aliphatic hydroxyl groups is 1. The SMILES string of the molecule is CC[C@H](N)[C@H](O)C(F)(F)F. The molecule has 62 valence electrons. The van der Waals surface area contributed by atoms with Crippen molar-refractivity contribution in [2.75, 3.05) is 0 Å². The van der Waals surface area contributed by atoms with Gasteiger partial charge in [-0.2, -0.15) is 13.2 Å². The third-order valence-corrected chi connectivity index (χ3v) is 1.21. The van der Waals surface area contributed by atoms with Crippen molar-refractivity contribution in [2.24, 2.45) is 5.73 Å². The summed E-state index contributed by atoms with van der Waals surface area (Å²) in [5.41, 5.74) is 4.93. The third-order valence-electron chi connectivity index (χ3n) is 1.21. The molecule has 0 spiro atoms. The van der Waals surface area contributed by atoms with Gasteiger partial charge in [0.2, 0.25) is 0 Å². The second-order valence-electron chi connectivity index (χ2n) is 2.06. The van der Waals surface area contributed by atoms with E-state index in [1.165, 1.54) is 6.92 Å². The van der Waals surface area contributed by atoms with Crippen LogP contribution in [0.4, 0.5) is 13.2 Å². The standard InChI is InChI=1S/C5H10F3NO/c1-2-3(9)4(10)5(6,7)8/h3-4,10H,2,9H2,1H3/t3-,4-/m0/s1. The average Bonchev–Trinajstić information content (AvgIpc) is 1.83. The summed E-state index contributed by atoms with van der Waals surface area (Å²) in [7, 11) is 0. The highest BCUT2D eigenvalue weighted by molar-refractivity contribution is 4.76. The molecule has 0 aliphatic rings. The molecule has 10 heavy (non-hydrogen) atoms. The van der Waals surface area contributed by atoms with Crippen LogP contribution in [0.15, 0.2) is 0 Å². The van der Waals surface area contributed by atoms with Crippen LogP contribution in [0.2, 0.25) is 0 Å². The summed E-state index contributed by atoms with van der Waals surface area (Å²) in [5.74, 6) is 0. The van der Waals surface area contributed by atoms with Crippen molar-refractivity contribution in [2.45, 2.75) is 31.7 Å². The molecule has 0 unspecified atom stereocenters. The van der Waals surface area contributed by atoms with E-state index in [2.05, 4.69) is 0 Å².